The number of carbonyl (C=O) groups excluding carboxylic acids is 1. The van der Waals surface area contributed by atoms with Crippen LogP contribution in [-0.2, 0) is 0 Å². The molecule has 0 aliphatic carbocycles. The molecule has 7 nitrogen and oxygen atoms in total. The minimum atomic E-state index is -0.0105. The molecule has 32 heavy (non-hydrogen) atoms. The molecule has 1 aliphatic heterocycles. The van der Waals surface area contributed by atoms with Crippen LogP contribution in [0.2, 0.25) is 0 Å². The number of hydrogen-bond acceptors (Lipinski definition) is 8. The van der Waals surface area contributed by atoms with E-state index in [9.17, 15) is 4.79 Å². The summed E-state index contributed by atoms with van der Waals surface area (Å²) in [6.45, 7) is 6.91. The van der Waals surface area contributed by atoms with E-state index in [0.29, 0.717) is 30.5 Å². The second kappa shape index (κ2) is 8.93. The molecule has 1 aromatic carbocycles. The number of piperazine rings is 1. The maximum Gasteiger partial charge on any atom is 0.273 e. The number of aromatic nitrogens is 3. The van der Waals surface area contributed by atoms with E-state index in [1.54, 1.807) is 11.3 Å². The molecule has 1 atom stereocenters. The van der Waals surface area contributed by atoms with Gasteiger partial charge in [0.1, 0.15) is 10.7 Å². The van der Waals surface area contributed by atoms with Crippen LogP contribution in [0, 0.1) is 6.92 Å². The van der Waals surface area contributed by atoms with Crippen LogP contribution in [0.25, 0.3) is 21.3 Å². The van der Waals surface area contributed by atoms with Gasteiger partial charge in [0, 0.05) is 37.1 Å². The number of thiophene rings is 1. The fourth-order valence-electron chi connectivity index (χ4n) is 3.74. The van der Waals surface area contributed by atoms with E-state index < -0.39 is 0 Å². The molecule has 1 amide bonds. The van der Waals surface area contributed by atoms with Crippen molar-refractivity contribution < 1.29 is 9.32 Å². The predicted octanol–water partition coefficient (Wildman–Crippen LogP) is 4.75. The standard InChI is InChI=1S/C23H23N5O2S2/c1-15-5-7-17(8-6-15)20-25-21(30-26-20)16(2)27-9-11-28(12-10-27)23(29)18-14-32-22(24-18)19-4-3-13-31-19/h3-8,13-14,16H,9-12H2,1-2H3. The first-order chi connectivity index (χ1) is 15.6. The molecule has 1 saturated heterocycles. The number of benzene rings is 1. The van der Waals surface area contributed by atoms with Gasteiger partial charge in [0.25, 0.3) is 5.91 Å². The summed E-state index contributed by atoms with van der Waals surface area (Å²) in [5.74, 6) is 1.20. The molecular formula is C23H23N5O2S2. The Hall–Kier alpha value is -2.88. The Kier molecular flexibility index (Phi) is 5.86. The zero-order chi connectivity index (χ0) is 22.1. The molecule has 4 heterocycles. The van der Waals surface area contributed by atoms with Gasteiger partial charge in [-0.2, -0.15) is 4.98 Å². The summed E-state index contributed by atoms with van der Waals surface area (Å²) in [4.78, 5) is 27.3. The largest absolute Gasteiger partial charge is 0.337 e. The van der Waals surface area contributed by atoms with Gasteiger partial charge in [0.05, 0.1) is 10.9 Å². The number of thiazole rings is 1. The van der Waals surface area contributed by atoms with Gasteiger partial charge in [-0.05, 0) is 25.3 Å². The summed E-state index contributed by atoms with van der Waals surface area (Å²) >= 11 is 3.15. The zero-order valence-corrected chi connectivity index (χ0v) is 19.5. The molecule has 3 aromatic heterocycles. The molecule has 0 bridgehead atoms. The number of amides is 1. The lowest BCUT2D eigenvalue weighted by molar-refractivity contribution is 0.0547. The van der Waals surface area contributed by atoms with Gasteiger partial charge < -0.3 is 9.42 Å². The quantitative estimate of drug-likeness (QED) is 0.423. The summed E-state index contributed by atoms with van der Waals surface area (Å²) in [5.41, 5.74) is 2.66. The summed E-state index contributed by atoms with van der Waals surface area (Å²) in [7, 11) is 0. The highest BCUT2D eigenvalue weighted by molar-refractivity contribution is 7.20. The number of nitrogens with zero attached hydrogens (tertiary/aromatic N) is 5. The highest BCUT2D eigenvalue weighted by Gasteiger charge is 2.29. The van der Waals surface area contributed by atoms with Gasteiger partial charge in [0.2, 0.25) is 11.7 Å². The second-order valence-corrected chi connectivity index (χ2v) is 9.65. The molecule has 1 aliphatic rings. The molecule has 9 heteroatoms. The number of hydrogen-bond donors (Lipinski definition) is 0. The molecular weight excluding hydrogens is 442 g/mol. The summed E-state index contributed by atoms with van der Waals surface area (Å²) in [6.07, 6.45) is 0. The van der Waals surface area contributed by atoms with E-state index in [0.717, 1.165) is 28.5 Å². The Morgan fingerprint density at radius 1 is 1.06 bits per heavy atom. The highest BCUT2D eigenvalue weighted by atomic mass is 32.1. The third kappa shape index (κ3) is 4.23. The normalized spacial score (nSPS) is 15.8. The van der Waals surface area contributed by atoms with Crippen LogP contribution in [0.1, 0.15) is 34.9 Å². The van der Waals surface area contributed by atoms with Crippen LogP contribution in [0.4, 0.5) is 0 Å². The molecule has 4 aromatic rings. The van der Waals surface area contributed by atoms with Crippen molar-refractivity contribution in [2.24, 2.45) is 0 Å². The summed E-state index contributed by atoms with van der Waals surface area (Å²) in [6, 6.07) is 12.1. The number of aryl methyl sites for hydroxylation is 1. The van der Waals surface area contributed by atoms with E-state index in [4.69, 9.17) is 4.52 Å². The van der Waals surface area contributed by atoms with Crippen LogP contribution >= 0.6 is 22.7 Å². The van der Waals surface area contributed by atoms with Crippen molar-refractivity contribution in [2.45, 2.75) is 19.9 Å². The van der Waals surface area contributed by atoms with Crippen LogP contribution in [0.15, 0.2) is 51.7 Å². The topological polar surface area (TPSA) is 75.4 Å². The SMILES string of the molecule is Cc1ccc(-c2noc(C(C)N3CCN(C(=O)c4csc(-c5cccs5)n4)CC3)n2)cc1. The average molecular weight is 466 g/mol. The van der Waals surface area contributed by atoms with Gasteiger partial charge in [-0.25, -0.2) is 4.98 Å². The minimum Gasteiger partial charge on any atom is -0.337 e. The lowest BCUT2D eigenvalue weighted by Crippen LogP contribution is -2.49. The zero-order valence-electron chi connectivity index (χ0n) is 17.9. The fourth-order valence-corrected chi connectivity index (χ4v) is 5.35. The van der Waals surface area contributed by atoms with E-state index in [1.165, 1.54) is 16.9 Å². The van der Waals surface area contributed by atoms with Gasteiger partial charge in [-0.15, -0.1) is 22.7 Å². The molecule has 0 saturated carbocycles. The lowest BCUT2D eigenvalue weighted by Gasteiger charge is -2.36. The monoisotopic (exact) mass is 465 g/mol. The van der Waals surface area contributed by atoms with E-state index in [-0.39, 0.29) is 11.9 Å². The van der Waals surface area contributed by atoms with Crippen molar-refractivity contribution >= 4 is 28.6 Å². The summed E-state index contributed by atoms with van der Waals surface area (Å²) in [5, 5.41) is 8.93. The van der Waals surface area contributed by atoms with Gasteiger partial charge in [0.15, 0.2) is 0 Å². The number of rotatable bonds is 5. The van der Waals surface area contributed by atoms with Crippen LogP contribution in [0.5, 0.6) is 0 Å². The van der Waals surface area contributed by atoms with Crippen molar-refractivity contribution in [3.05, 3.63) is 64.3 Å². The number of carbonyl (C=O) groups is 1. The fraction of sp³-hybridized carbons (Fsp3) is 0.304. The first-order valence-corrected chi connectivity index (χ1v) is 12.3. The highest BCUT2D eigenvalue weighted by Crippen LogP contribution is 2.29. The third-order valence-corrected chi connectivity index (χ3v) is 7.59. The molecule has 5 rings (SSSR count). The Morgan fingerprint density at radius 3 is 2.56 bits per heavy atom. The minimum absolute atomic E-state index is 0.00388. The van der Waals surface area contributed by atoms with Crippen molar-refractivity contribution in [1.29, 1.82) is 0 Å². The smallest absolute Gasteiger partial charge is 0.273 e. The molecule has 1 fully saturated rings. The Labute approximate surface area is 194 Å². The van der Waals surface area contributed by atoms with E-state index >= 15 is 0 Å². The predicted molar refractivity (Wildman–Crippen MR) is 126 cm³/mol. The Balaban J connectivity index is 1.20. The first-order valence-electron chi connectivity index (χ1n) is 10.5. The lowest BCUT2D eigenvalue weighted by atomic mass is 10.1. The Bertz CT molecular complexity index is 1190. The maximum atomic E-state index is 12.9. The Morgan fingerprint density at radius 2 is 1.84 bits per heavy atom. The van der Waals surface area contributed by atoms with Crippen molar-refractivity contribution in [2.75, 3.05) is 26.2 Å². The van der Waals surface area contributed by atoms with Gasteiger partial charge in [-0.3, -0.25) is 9.69 Å². The van der Waals surface area contributed by atoms with Crippen LogP contribution in [-0.4, -0.2) is 57.0 Å². The maximum absolute atomic E-state index is 12.9. The molecule has 1 unspecified atom stereocenters. The second-order valence-electron chi connectivity index (χ2n) is 7.84. The molecule has 0 N–H and O–H groups in total. The van der Waals surface area contributed by atoms with E-state index in [1.807, 2.05) is 52.1 Å². The summed E-state index contributed by atoms with van der Waals surface area (Å²) < 4.78 is 5.56. The molecule has 164 valence electrons. The van der Waals surface area contributed by atoms with Crippen molar-refractivity contribution in [3.8, 4) is 21.3 Å². The molecule has 0 radical (unpaired) electrons. The van der Waals surface area contributed by atoms with Gasteiger partial charge in [-0.1, -0.05) is 41.1 Å². The molecule has 0 spiro atoms. The van der Waals surface area contributed by atoms with Crippen LogP contribution in [0.3, 0.4) is 0 Å². The van der Waals surface area contributed by atoms with Gasteiger partial charge >= 0.3 is 0 Å². The van der Waals surface area contributed by atoms with Crippen LogP contribution < -0.4 is 0 Å². The third-order valence-electron chi connectivity index (χ3n) is 5.71. The first kappa shape index (κ1) is 21.0. The average Bonchev–Trinajstić information content (AvgIpc) is 3.60. The van der Waals surface area contributed by atoms with E-state index in [2.05, 4.69) is 33.9 Å². The van der Waals surface area contributed by atoms with Crippen molar-refractivity contribution in [3.63, 3.8) is 0 Å². The van der Waals surface area contributed by atoms with Crippen molar-refractivity contribution in [1.82, 2.24) is 24.9 Å².